The maximum absolute atomic E-state index is 11.7. The monoisotopic (exact) mass is 532 g/mol. The SMILES string of the molecule is COc1cc(N2CCN(C)CC2)c(N)cc1Nc1ncc(Cl)c(Nc2ccccc2NS(C)(=O)=O)n1. The maximum Gasteiger partial charge on any atom is 0.229 e. The zero-order chi connectivity index (χ0) is 25.9. The van der Waals surface area contributed by atoms with E-state index in [9.17, 15) is 8.42 Å². The Morgan fingerprint density at radius 3 is 2.42 bits per heavy atom. The third-order valence-electron chi connectivity index (χ3n) is 5.66. The number of hydrogen-bond acceptors (Lipinski definition) is 10. The number of para-hydroxylation sites is 2. The van der Waals surface area contributed by atoms with Gasteiger partial charge < -0.3 is 30.9 Å². The third kappa shape index (κ3) is 6.20. The summed E-state index contributed by atoms with van der Waals surface area (Å²) < 4.78 is 31.5. The molecule has 11 nitrogen and oxygen atoms in total. The molecule has 0 spiro atoms. The number of aromatic nitrogens is 2. The summed E-state index contributed by atoms with van der Waals surface area (Å²) in [5, 5.41) is 6.47. The molecule has 0 radical (unpaired) electrons. The van der Waals surface area contributed by atoms with Gasteiger partial charge in [0, 0.05) is 32.2 Å². The van der Waals surface area contributed by atoms with Gasteiger partial charge in [-0.15, -0.1) is 0 Å². The maximum atomic E-state index is 11.7. The average molecular weight is 533 g/mol. The molecule has 1 aromatic heterocycles. The van der Waals surface area contributed by atoms with Crippen LogP contribution < -0.4 is 30.7 Å². The summed E-state index contributed by atoms with van der Waals surface area (Å²) in [5.41, 5.74) is 9.37. The molecule has 2 aromatic carbocycles. The number of methoxy groups -OCH3 is 1. The Kier molecular flexibility index (Phi) is 7.57. The van der Waals surface area contributed by atoms with E-state index in [-0.39, 0.29) is 16.8 Å². The van der Waals surface area contributed by atoms with E-state index >= 15 is 0 Å². The van der Waals surface area contributed by atoms with Crippen molar-refractivity contribution >= 4 is 61.8 Å². The number of ether oxygens (including phenoxy) is 1. The van der Waals surface area contributed by atoms with Crippen molar-refractivity contribution in [3.05, 3.63) is 47.6 Å². The summed E-state index contributed by atoms with van der Waals surface area (Å²) in [7, 11) is 0.214. The molecule has 5 N–H and O–H groups in total. The molecule has 0 unspecified atom stereocenters. The van der Waals surface area contributed by atoms with Gasteiger partial charge in [0.1, 0.15) is 10.8 Å². The second kappa shape index (κ2) is 10.6. The van der Waals surface area contributed by atoms with Gasteiger partial charge in [-0.25, -0.2) is 13.4 Å². The number of sulfonamides is 1. The minimum absolute atomic E-state index is 0.250. The van der Waals surface area contributed by atoms with Crippen molar-refractivity contribution in [2.75, 3.05) is 72.6 Å². The minimum atomic E-state index is -3.48. The number of halogens is 1. The highest BCUT2D eigenvalue weighted by atomic mass is 35.5. The van der Waals surface area contributed by atoms with Crippen LogP contribution in [0.1, 0.15) is 0 Å². The highest BCUT2D eigenvalue weighted by Crippen LogP contribution is 2.37. The van der Waals surface area contributed by atoms with Crippen LogP contribution in [0.2, 0.25) is 5.02 Å². The molecule has 4 rings (SSSR count). The first-order valence-electron chi connectivity index (χ1n) is 11.2. The van der Waals surface area contributed by atoms with Crippen LogP contribution in [0.3, 0.4) is 0 Å². The van der Waals surface area contributed by atoms with Crippen LogP contribution >= 0.6 is 11.6 Å². The van der Waals surface area contributed by atoms with Crippen LogP contribution in [0.4, 0.5) is 40.2 Å². The van der Waals surface area contributed by atoms with Crippen molar-refractivity contribution in [1.29, 1.82) is 0 Å². The Hall–Kier alpha value is -3.48. The Morgan fingerprint density at radius 1 is 1.06 bits per heavy atom. The zero-order valence-corrected chi connectivity index (χ0v) is 21.8. The number of nitrogens with zero attached hydrogens (tertiary/aromatic N) is 4. The standard InChI is InChI=1S/C23H29ClN8O3S/c1-31-8-10-32(11-9-31)20-13-21(35-2)19(12-16(20)25)28-23-26-14-15(24)22(29-23)27-17-6-4-5-7-18(17)30-36(3,33)34/h4-7,12-14,30H,8-11,25H2,1-3H3,(H2,26,27,28,29). The molecule has 36 heavy (non-hydrogen) atoms. The molecule has 2 heterocycles. The first-order valence-corrected chi connectivity index (χ1v) is 13.4. The van der Waals surface area contributed by atoms with Gasteiger partial charge in [-0.2, -0.15) is 4.98 Å². The summed E-state index contributed by atoms with van der Waals surface area (Å²) in [6.07, 6.45) is 2.53. The summed E-state index contributed by atoms with van der Waals surface area (Å²) >= 11 is 6.33. The Bertz CT molecular complexity index is 1350. The summed E-state index contributed by atoms with van der Waals surface area (Å²) in [6.45, 7) is 3.67. The quantitative estimate of drug-likeness (QED) is 0.319. The second-order valence-electron chi connectivity index (χ2n) is 8.46. The number of nitrogens with two attached hydrogens (primary N) is 1. The lowest BCUT2D eigenvalue weighted by Crippen LogP contribution is -2.44. The fraction of sp³-hybridized carbons (Fsp3) is 0.304. The number of hydrogen-bond donors (Lipinski definition) is 4. The van der Waals surface area contributed by atoms with E-state index in [1.165, 1.54) is 6.20 Å². The van der Waals surface area contributed by atoms with Crippen molar-refractivity contribution in [2.24, 2.45) is 0 Å². The Labute approximate surface area is 215 Å². The second-order valence-corrected chi connectivity index (χ2v) is 10.6. The highest BCUT2D eigenvalue weighted by molar-refractivity contribution is 7.92. The molecule has 0 amide bonds. The number of benzene rings is 2. The lowest BCUT2D eigenvalue weighted by atomic mass is 10.2. The smallest absolute Gasteiger partial charge is 0.229 e. The van der Waals surface area contributed by atoms with Gasteiger partial charge in [0.2, 0.25) is 16.0 Å². The normalized spacial score (nSPS) is 14.4. The molecular formula is C23H29ClN8O3S. The van der Waals surface area contributed by atoms with E-state index in [0.717, 1.165) is 38.1 Å². The summed E-state index contributed by atoms with van der Waals surface area (Å²) in [6, 6.07) is 10.5. The van der Waals surface area contributed by atoms with Crippen LogP contribution in [0.25, 0.3) is 0 Å². The van der Waals surface area contributed by atoms with Gasteiger partial charge in [-0.1, -0.05) is 23.7 Å². The van der Waals surface area contributed by atoms with E-state index in [4.69, 9.17) is 22.1 Å². The average Bonchev–Trinajstić information content (AvgIpc) is 2.82. The van der Waals surface area contributed by atoms with Gasteiger partial charge in [-0.05, 0) is 25.2 Å². The molecule has 0 saturated carbocycles. The van der Waals surface area contributed by atoms with Crippen molar-refractivity contribution in [3.63, 3.8) is 0 Å². The molecular weight excluding hydrogens is 504 g/mol. The highest BCUT2D eigenvalue weighted by Gasteiger charge is 2.19. The van der Waals surface area contributed by atoms with Crippen LogP contribution in [0.5, 0.6) is 5.75 Å². The summed E-state index contributed by atoms with van der Waals surface area (Å²) in [5.74, 6) is 1.13. The van der Waals surface area contributed by atoms with E-state index in [1.807, 2.05) is 6.07 Å². The molecule has 1 fully saturated rings. The van der Waals surface area contributed by atoms with Crippen molar-refractivity contribution in [1.82, 2.24) is 14.9 Å². The minimum Gasteiger partial charge on any atom is -0.494 e. The lowest BCUT2D eigenvalue weighted by molar-refractivity contribution is 0.313. The molecule has 0 bridgehead atoms. The predicted molar refractivity (Wildman–Crippen MR) is 146 cm³/mol. The van der Waals surface area contributed by atoms with Gasteiger partial charge in [0.25, 0.3) is 0 Å². The van der Waals surface area contributed by atoms with Crippen LogP contribution in [0, 0.1) is 0 Å². The van der Waals surface area contributed by atoms with Crippen LogP contribution in [-0.2, 0) is 10.0 Å². The molecule has 1 saturated heterocycles. The zero-order valence-electron chi connectivity index (χ0n) is 20.2. The fourth-order valence-electron chi connectivity index (χ4n) is 3.82. The number of anilines is 7. The van der Waals surface area contributed by atoms with Gasteiger partial charge in [-0.3, -0.25) is 4.72 Å². The summed E-state index contributed by atoms with van der Waals surface area (Å²) in [4.78, 5) is 13.3. The van der Waals surface area contributed by atoms with Crippen molar-refractivity contribution in [3.8, 4) is 5.75 Å². The van der Waals surface area contributed by atoms with Gasteiger partial charge >= 0.3 is 0 Å². The Morgan fingerprint density at radius 2 is 1.75 bits per heavy atom. The van der Waals surface area contributed by atoms with Crippen LogP contribution in [-0.4, -0.2) is 69.9 Å². The Balaban J connectivity index is 1.59. The number of rotatable bonds is 8. The molecule has 1 aliphatic rings. The lowest BCUT2D eigenvalue weighted by Gasteiger charge is -2.35. The topological polar surface area (TPSA) is 138 Å². The molecule has 0 atom stereocenters. The molecule has 192 valence electrons. The molecule has 1 aliphatic heterocycles. The fourth-order valence-corrected chi connectivity index (χ4v) is 4.53. The first kappa shape index (κ1) is 25.6. The van der Waals surface area contributed by atoms with Gasteiger partial charge in [0.05, 0.1) is 48.0 Å². The third-order valence-corrected chi connectivity index (χ3v) is 6.53. The van der Waals surface area contributed by atoms with E-state index in [1.54, 1.807) is 37.4 Å². The largest absolute Gasteiger partial charge is 0.494 e. The first-order chi connectivity index (χ1) is 17.1. The van der Waals surface area contributed by atoms with Crippen molar-refractivity contribution < 1.29 is 13.2 Å². The van der Waals surface area contributed by atoms with Crippen LogP contribution in [0.15, 0.2) is 42.6 Å². The molecule has 13 heteroatoms. The van der Waals surface area contributed by atoms with E-state index in [2.05, 4.69) is 42.2 Å². The number of piperazine rings is 1. The molecule has 3 aromatic rings. The van der Waals surface area contributed by atoms with E-state index < -0.39 is 10.0 Å². The number of nitrogens with one attached hydrogen (secondary N) is 3. The predicted octanol–water partition coefficient (Wildman–Crippen LogP) is 3.33. The molecule has 0 aliphatic carbocycles. The van der Waals surface area contributed by atoms with Crippen molar-refractivity contribution in [2.45, 2.75) is 0 Å². The number of nitrogen functional groups attached to an aromatic ring is 1. The number of likely N-dealkylation sites (N-methyl/N-ethyl adjacent to an activating group) is 1. The van der Waals surface area contributed by atoms with Gasteiger partial charge in [0.15, 0.2) is 5.82 Å². The van der Waals surface area contributed by atoms with E-state index in [0.29, 0.717) is 28.5 Å².